The van der Waals surface area contributed by atoms with Crippen LogP contribution in [0.5, 0.6) is 5.75 Å². The Morgan fingerprint density at radius 3 is 2.64 bits per heavy atom. The number of rotatable bonds is 7. The van der Waals surface area contributed by atoms with Crippen molar-refractivity contribution in [3.63, 3.8) is 0 Å². The first kappa shape index (κ1) is 17.2. The number of nitrogens with one attached hydrogen (secondary N) is 1. The van der Waals surface area contributed by atoms with Crippen LogP contribution in [-0.2, 0) is 11.2 Å². The molecule has 1 atom stereocenters. The first-order valence-corrected chi connectivity index (χ1v) is 8.74. The Bertz CT molecular complexity index is 752. The highest BCUT2D eigenvalue weighted by atomic mass is 16.5. The van der Waals surface area contributed by atoms with Crippen molar-refractivity contribution in [3.05, 3.63) is 65.2 Å². The number of ether oxygens (including phenoxy) is 1. The van der Waals surface area contributed by atoms with Crippen molar-refractivity contribution in [2.45, 2.75) is 38.6 Å². The molecule has 0 aliphatic heterocycles. The third-order valence-corrected chi connectivity index (χ3v) is 4.55. The largest absolute Gasteiger partial charge is 0.494 e. The van der Waals surface area contributed by atoms with E-state index in [1.165, 1.54) is 18.1 Å². The summed E-state index contributed by atoms with van der Waals surface area (Å²) in [5, 5.41) is 3.12. The maximum atomic E-state index is 12.1. The Morgan fingerprint density at radius 1 is 1.12 bits per heavy atom. The fourth-order valence-electron chi connectivity index (χ4n) is 3.18. The van der Waals surface area contributed by atoms with Gasteiger partial charge in [-0.15, -0.1) is 0 Å². The van der Waals surface area contributed by atoms with E-state index in [4.69, 9.17) is 4.74 Å². The van der Waals surface area contributed by atoms with E-state index in [0.29, 0.717) is 25.0 Å². The van der Waals surface area contributed by atoms with Gasteiger partial charge in [0.25, 0.3) is 0 Å². The van der Waals surface area contributed by atoms with E-state index in [1.807, 2.05) is 12.1 Å². The van der Waals surface area contributed by atoms with E-state index < -0.39 is 0 Å². The van der Waals surface area contributed by atoms with Gasteiger partial charge in [-0.2, -0.15) is 0 Å². The smallest absolute Gasteiger partial charge is 0.220 e. The van der Waals surface area contributed by atoms with Gasteiger partial charge < -0.3 is 10.1 Å². The lowest BCUT2D eigenvalue weighted by Gasteiger charge is -2.14. The van der Waals surface area contributed by atoms with Crippen LogP contribution in [0.3, 0.4) is 0 Å². The lowest BCUT2D eigenvalue weighted by atomic mass is 10.1. The normalized spacial score (nSPS) is 15.5. The molecule has 2 aromatic rings. The SMILES string of the molecule is CC(=O)c1ccc(OCCCC(=O)NC2CCc3ccccc32)cc1. The van der Waals surface area contributed by atoms with Gasteiger partial charge in [-0.25, -0.2) is 0 Å². The Balaban J connectivity index is 1.39. The minimum atomic E-state index is 0.0386. The van der Waals surface area contributed by atoms with Crippen molar-refractivity contribution in [2.24, 2.45) is 0 Å². The zero-order valence-electron chi connectivity index (χ0n) is 14.5. The van der Waals surface area contributed by atoms with E-state index in [2.05, 4.69) is 17.4 Å². The number of amides is 1. The van der Waals surface area contributed by atoms with Crippen LogP contribution >= 0.6 is 0 Å². The monoisotopic (exact) mass is 337 g/mol. The number of fused-ring (bicyclic) bond motifs is 1. The lowest BCUT2D eigenvalue weighted by Crippen LogP contribution is -2.27. The summed E-state index contributed by atoms with van der Waals surface area (Å²) in [7, 11) is 0. The molecular weight excluding hydrogens is 314 g/mol. The summed E-state index contributed by atoms with van der Waals surface area (Å²) in [4.78, 5) is 23.4. The quantitative estimate of drug-likeness (QED) is 0.617. The first-order valence-electron chi connectivity index (χ1n) is 8.74. The minimum Gasteiger partial charge on any atom is -0.494 e. The van der Waals surface area contributed by atoms with Crippen LogP contribution < -0.4 is 10.1 Å². The van der Waals surface area contributed by atoms with E-state index >= 15 is 0 Å². The predicted molar refractivity (Wildman–Crippen MR) is 96.8 cm³/mol. The van der Waals surface area contributed by atoms with Crippen LogP contribution in [0.1, 0.15) is 53.7 Å². The second-order valence-electron chi connectivity index (χ2n) is 6.39. The molecule has 130 valence electrons. The molecule has 4 heteroatoms. The topological polar surface area (TPSA) is 55.4 Å². The molecule has 0 fully saturated rings. The van der Waals surface area contributed by atoms with Crippen LogP contribution in [0.2, 0.25) is 0 Å². The van der Waals surface area contributed by atoms with Crippen LogP contribution in [-0.4, -0.2) is 18.3 Å². The number of benzene rings is 2. The standard InChI is InChI=1S/C21H23NO3/c1-15(23)16-8-11-18(12-9-16)25-14-4-7-21(24)22-20-13-10-17-5-2-3-6-19(17)20/h2-3,5-6,8-9,11-12,20H,4,7,10,13-14H2,1H3,(H,22,24). The Hall–Kier alpha value is -2.62. The highest BCUT2D eigenvalue weighted by Gasteiger charge is 2.22. The van der Waals surface area contributed by atoms with Crippen molar-refractivity contribution < 1.29 is 14.3 Å². The van der Waals surface area contributed by atoms with Crippen molar-refractivity contribution in [3.8, 4) is 5.75 Å². The molecule has 0 radical (unpaired) electrons. The molecule has 4 nitrogen and oxygen atoms in total. The van der Waals surface area contributed by atoms with Crippen LogP contribution in [0.25, 0.3) is 0 Å². The fraction of sp³-hybridized carbons (Fsp3) is 0.333. The Morgan fingerprint density at radius 2 is 1.88 bits per heavy atom. The van der Waals surface area contributed by atoms with E-state index in [1.54, 1.807) is 24.3 Å². The number of hydrogen-bond acceptors (Lipinski definition) is 3. The molecule has 1 amide bonds. The molecule has 2 aromatic carbocycles. The van der Waals surface area contributed by atoms with Gasteiger partial charge in [0.15, 0.2) is 5.78 Å². The van der Waals surface area contributed by atoms with Gasteiger partial charge in [0, 0.05) is 12.0 Å². The average Bonchev–Trinajstić information content (AvgIpc) is 3.02. The second kappa shape index (κ2) is 7.97. The lowest BCUT2D eigenvalue weighted by molar-refractivity contribution is -0.122. The molecule has 0 spiro atoms. The van der Waals surface area contributed by atoms with Crippen molar-refractivity contribution >= 4 is 11.7 Å². The summed E-state index contributed by atoms with van der Waals surface area (Å²) in [6.07, 6.45) is 3.11. The second-order valence-corrected chi connectivity index (χ2v) is 6.39. The van der Waals surface area contributed by atoms with Gasteiger partial charge >= 0.3 is 0 Å². The van der Waals surface area contributed by atoms with Gasteiger partial charge in [0.1, 0.15) is 5.75 Å². The third kappa shape index (κ3) is 4.47. The van der Waals surface area contributed by atoms with Gasteiger partial charge in [0.2, 0.25) is 5.91 Å². The molecule has 1 unspecified atom stereocenters. The van der Waals surface area contributed by atoms with Crippen molar-refractivity contribution in [1.29, 1.82) is 0 Å². The number of aryl methyl sites for hydroxylation is 1. The molecule has 25 heavy (non-hydrogen) atoms. The molecule has 0 bridgehead atoms. The molecule has 3 rings (SSSR count). The number of hydrogen-bond donors (Lipinski definition) is 1. The van der Waals surface area contributed by atoms with Crippen LogP contribution in [0.15, 0.2) is 48.5 Å². The summed E-state index contributed by atoms with van der Waals surface area (Å²) >= 11 is 0. The number of ketones is 1. The maximum Gasteiger partial charge on any atom is 0.220 e. The van der Waals surface area contributed by atoms with E-state index in [9.17, 15) is 9.59 Å². The number of carbonyl (C=O) groups excluding carboxylic acids is 2. The number of carbonyl (C=O) groups is 2. The minimum absolute atomic E-state index is 0.0386. The third-order valence-electron chi connectivity index (χ3n) is 4.55. The summed E-state index contributed by atoms with van der Waals surface area (Å²) in [5.41, 5.74) is 3.26. The van der Waals surface area contributed by atoms with Gasteiger partial charge in [-0.05, 0) is 61.6 Å². The number of Topliss-reactive ketones (excluding diaryl/α,β-unsaturated/α-hetero) is 1. The predicted octanol–water partition coefficient (Wildman–Crippen LogP) is 3.85. The summed E-state index contributed by atoms with van der Waals surface area (Å²) < 4.78 is 5.63. The van der Waals surface area contributed by atoms with Gasteiger partial charge in [-0.3, -0.25) is 9.59 Å². The maximum absolute atomic E-state index is 12.1. The average molecular weight is 337 g/mol. The van der Waals surface area contributed by atoms with Crippen LogP contribution in [0, 0.1) is 0 Å². The Kier molecular flexibility index (Phi) is 5.49. The van der Waals surface area contributed by atoms with Crippen molar-refractivity contribution in [1.82, 2.24) is 5.32 Å². The molecule has 0 saturated heterocycles. The fourth-order valence-corrected chi connectivity index (χ4v) is 3.18. The molecular formula is C21H23NO3. The zero-order chi connectivity index (χ0) is 17.6. The van der Waals surface area contributed by atoms with Crippen LogP contribution in [0.4, 0.5) is 0 Å². The molecule has 1 aliphatic carbocycles. The summed E-state index contributed by atoms with van der Waals surface area (Å²) in [6.45, 7) is 2.02. The molecule has 0 aromatic heterocycles. The first-order chi connectivity index (χ1) is 12.1. The van der Waals surface area contributed by atoms with Crippen molar-refractivity contribution in [2.75, 3.05) is 6.61 Å². The highest BCUT2D eigenvalue weighted by molar-refractivity contribution is 5.94. The molecule has 1 aliphatic rings. The molecule has 0 saturated carbocycles. The van der Waals surface area contributed by atoms with E-state index in [-0.39, 0.29) is 17.7 Å². The summed E-state index contributed by atoms with van der Waals surface area (Å²) in [5.74, 6) is 0.823. The van der Waals surface area contributed by atoms with Gasteiger partial charge in [0.05, 0.1) is 12.6 Å². The van der Waals surface area contributed by atoms with Gasteiger partial charge in [-0.1, -0.05) is 24.3 Å². The molecule has 0 heterocycles. The van der Waals surface area contributed by atoms with E-state index in [0.717, 1.165) is 18.6 Å². The zero-order valence-corrected chi connectivity index (χ0v) is 14.5. The highest BCUT2D eigenvalue weighted by Crippen LogP contribution is 2.30. The summed E-state index contributed by atoms with van der Waals surface area (Å²) in [6, 6.07) is 15.5. The Labute approximate surface area is 148 Å². The molecule has 1 N–H and O–H groups in total.